The maximum atomic E-state index is 5.57. The molecule has 0 spiro atoms. The van der Waals surface area contributed by atoms with Crippen molar-refractivity contribution in [2.45, 2.75) is 4.73 Å². The zero-order valence-corrected chi connectivity index (χ0v) is 9.47. The molecule has 0 aliphatic carbocycles. The molecule has 3 nitrogen and oxygen atoms in total. The molecule has 1 aromatic rings. The number of nitrogen functional groups attached to an aromatic ring is 1. The van der Waals surface area contributed by atoms with Gasteiger partial charge in [0.05, 0.1) is 0 Å². The number of anilines is 1. The van der Waals surface area contributed by atoms with Crippen LogP contribution in [0, 0.1) is 0 Å². The molecule has 0 atom stereocenters. The van der Waals surface area contributed by atoms with Crippen LogP contribution in [0.3, 0.4) is 0 Å². The van der Waals surface area contributed by atoms with Gasteiger partial charge in [-0.1, -0.05) is 0 Å². The molecule has 0 saturated carbocycles. The first-order chi connectivity index (χ1) is 6.26. The molecule has 0 heterocycles. The molecule has 4 heteroatoms. The molecule has 2 N–H and O–H groups in total. The summed E-state index contributed by atoms with van der Waals surface area (Å²) in [5.74, 6) is 0. The molecule has 0 saturated heterocycles. The summed E-state index contributed by atoms with van der Waals surface area (Å²) in [6.45, 7) is 0. The molecule has 13 heavy (non-hydrogen) atoms. The number of nitrogens with two attached hydrogens (primary N) is 1. The molecule has 0 unspecified atom stereocenters. The van der Waals surface area contributed by atoms with Crippen LogP contribution in [-0.4, -0.2) is 14.2 Å². The Morgan fingerprint density at radius 3 is 2.15 bits per heavy atom. The Kier molecular flexibility index (Phi) is 4.46. The number of rotatable bonds is 4. The quantitative estimate of drug-likeness (QED) is 0.612. The van der Waals surface area contributed by atoms with Crippen molar-refractivity contribution in [3.05, 3.63) is 29.8 Å². The Morgan fingerprint density at radius 1 is 1.15 bits per heavy atom. The van der Waals surface area contributed by atoms with E-state index in [1.54, 1.807) is 14.2 Å². The molecule has 0 radical (unpaired) electrons. The number of hydrogen-bond donors (Lipinski definition) is 1. The average molecular weight is 216 g/mol. The van der Waals surface area contributed by atoms with E-state index in [0.717, 1.165) is 10.4 Å². The first kappa shape index (κ1) is 10.7. The van der Waals surface area contributed by atoms with Gasteiger partial charge in [0.25, 0.3) is 0 Å². The van der Waals surface area contributed by atoms with Crippen LogP contribution >= 0.6 is 0 Å². The fraction of sp³-hybridized carbons (Fsp3) is 0.333. The van der Waals surface area contributed by atoms with Crippen LogP contribution in [0.25, 0.3) is 0 Å². The fourth-order valence-electron chi connectivity index (χ4n) is 1.03. The topological polar surface area (TPSA) is 44.5 Å². The van der Waals surface area contributed by atoms with E-state index in [4.69, 9.17) is 12.4 Å². The monoisotopic (exact) mass is 216 g/mol. The maximum absolute atomic E-state index is 5.57. The SMILES string of the molecule is C[O][Ti]([CH2]c1ccc(N)cc1)[O]C. The third-order valence-corrected chi connectivity index (χ3v) is 4.29. The number of benzene rings is 1. The summed E-state index contributed by atoms with van der Waals surface area (Å²) in [4.78, 5) is 0. The zero-order chi connectivity index (χ0) is 9.68. The molecule has 0 aliphatic rings. The second-order valence-corrected chi connectivity index (χ2v) is 5.69. The molecule has 0 aromatic heterocycles. The van der Waals surface area contributed by atoms with Crippen LogP contribution in [-0.2, 0) is 30.0 Å². The minimum atomic E-state index is -1.73. The second-order valence-electron chi connectivity index (χ2n) is 2.70. The molecule has 71 valence electrons. The molecule has 1 aromatic carbocycles. The summed E-state index contributed by atoms with van der Waals surface area (Å²) >= 11 is -1.73. The second kappa shape index (κ2) is 5.40. The molecule has 0 bridgehead atoms. The van der Waals surface area contributed by atoms with Crippen LogP contribution in [0.4, 0.5) is 5.69 Å². The average Bonchev–Trinajstić information content (AvgIpc) is 2.17. The van der Waals surface area contributed by atoms with E-state index >= 15 is 0 Å². The Morgan fingerprint density at radius 2 is 1.69 bits per heavy atom. The van der Waals surface area contributed by atoms with Gasteiger partial charge in [-0.25, -0.2) is 0 Å². The molecule has 0 aliphatic heterocycles. The normalized spacial score (nSPS) is 10.0. The van der Waals surface area contributed by atoms with Crippen molar-refractivity contribution >= 4 is 5.69 Å². The third-order valence-electron chi connectivity index (χ3n) is 1.78. The minimum absolute atomic E-state index is 0.792. The van der Waals surface area contributed by atoms with Gasteiger partial charge >= 0.3 is 85.5 Å². The van der Waals surface area contributed by atoms with Gasteiger partial charge in [-0.3, -0.25) is 0 Å². The molecule has 1 rings (SSSR count). The van der Waals surface area contributed by atoms with Crippen LogP contribution in [0.15, 0.2) is 24.3 Å². The molecule has 0 amide bonds. The standard InChI is InChI=1S/C7H8N.2CH3O.Ti/c1-6-2-4-7(8)5-3-6;2*1-2;/h2-5H,1,8H2;2*1H3;/q;2*-1;+2. The van der Waals surface area contributed by atoms with Gasteiger partial charge in [0.15, 0.2) is 0 Å². The van der Waals surface area contributed by atoms with E-state index in [2.05, 4.69) is 0 Å². The van der Waals surface area contributed by atoms with Gasteiger partial charge in [0.2, 0.25) is 0 Å². The van der Waals surface area contributed by atoms with Crippen LogP contribution in [0.5, 0.6) is 0 Å². The molecular weight excluding hydrogens is 202 g/mol. The Balaban J connectivity index is 2.58. The van der Waals surface area contributed by atoms with Gasteiger partial charge in [-0.2, -0.15) is 0 Å². The van der Waals surface area contributed by atoms with E-state index in [1.807, 2.05) is 24.3 Å². The van der Waals surface area contributed by atoms with Gasteiger partial charge in [-0.15, -0.1) is 0 Å². The zero-order valence-electron chi connectivity index (χ0n) is 7.91. The first-order valence-electron chi connectivity index (χ1n) is 4.04. The Bertz CT molecular complexity index is 246. The Labute approximate surface area is 85.6 Å². The van der Waals surface area contributed by atoms with Crippen LogP contribution in [0.2, 0.25) is 0 Å². The van der Waals surface area contributed by atoms with Crippen molar-refractivity contribution in [2.75, 3.05) is 20.0 Å². The summed E-state index contributed by atoms with van der Waals surface area (Å²) in [6.07, 6.45) is 0. The van der Waals surface area contributed by atoms with Gasteiger partial charge in [0.1, 0.15) is 0 Å². The summed E-state index contributed by atoms with van der Waals surface area (Å²) in [6, 6.07) is 7.83. The van der Waals surface area contributed by atoms with E-state index in [0.29, 0.717) is 0 Å². The number of hydrogen-bond acceptors (Lipinski definition) is 3. The van der Waals surface area contributed by atoms with Gasteiger partial charge in [-0.05, 0) is 0 Å². The first-order valence-corrected chi connectivity index (χ1v) is 6.42. The van der Waals surface area contributed by atoms with E-state index in [1.165, 1.54) is 5.56 Å². The van der Waals surface area contributed by atoms with E-state index in [-0.39, 0.29) is 0 Å². The third kappa shape index (κ3) is 3.49. The fourth-order valence-corrected chi connectivity index (χ4v) is 2.63. The van der Waals surface area contributed by atoms with Crippen LogP contribution in [0.1, 0.15) is 5.56 Å². The van der Waals surface area contributed by atoms with Crippen molar-refractivity contribution in [1.29, 1.82) is 0 Å². The van der Waals surface area contributed by atoms with Crippen molar-refractivity contribution in [2.24, 2.45) is 0 Å². The van der Waals surface area contributed by atoms with Gasteiger partial charge < -0.3 is 0 Å². The molecular formula is C9H14NO2Ti. The predicted octanol–water partition coefficient (Wildman–Crippen LogP) is 1.51. The summed E-state index contributed by atoms with van der Waals surface area (Å²) in [7, 11) is 3.41. The predicted molar refractivity (Wildman–Crippen MR) is 48.6 cm³/mol. The van der Waals surface area contributed by atoms with Crippen LogP contribution < -0.4 is 5.73 Å². The summed E-state index contributed by atoms with van der Waals surface area (Å²) in [5, 5.41) is 0. The summed E-state index contributed by atoms with van der Waals surface area (Å²) < 4.78 is 11.4. The Hall–Kier alpha value is -0.346. The van der Waals surface area contributed by atoms with Gasteiger partial charge in [0, 0.05) is 0 Å². The van der Waals surface area contributed by atoms with Crippen molar-refractivity contribution in [1.82, 2.24) is 0 Å². The van der Waals surface area contributed by atoms with Crippen molar-refractivity contribution < 1.29 is 25.3 Å². The van der Waals surface area contributed by atoms with E-state index in [9.17, 15) is 0 Å². The van der Waals surface area contributed by atoms with E-state index < -0.39 is 18.6 Å². The molecule has 0 fully saturated rings. The summed E-state index contributed by atoms with van der Waals surface area (Å²) in [5.41, 5.74) is 7.59. The van der Waals surface area contributed by atoms with Crippen molar-refractivity contribution in [3.8, 4) is 0 Å². The van der Waals surface area contributed by atoms with Crippen molar-refractivity contribution in [3.63, 3.8) is 0 Å².